The van der Waals surface area contributed by atoms with Gasteiger partial charge in [0.2, 0.25) is 0 Å². The second-order valence-corrected chi connectivity index (χ2v) is 5.82. The van der Waals surface area contributed by atoms with Gasteiger partial charge in [-0.15, -0.1) is 0 Å². The summed E-state index contributed by atoms with van der Waals surface area (Å²) in [5.74, 6) is -0.0672. The molecule has 23 heavy (non-hydrogen) atoms. The molecule has 0 heterocycles. The molecule has 2 aromatic rings. The quantitative estimate of drug-likeness (QED) is 0.771. The van der Waals surface area contributed by atoms with E-state index < -0.39 is 12.2 Å². The van der Waals surface area contributed by atoms with Crippen LogP contribution in [0.1, 0.15) is 29.8 Å². The zero-order valence-corrected chi connectivity index (χ0v) is 13.5. The molecule has 4 nitrogen and oxygen atoms in total. The molecule has 4 heteroatoms. The van der Waals surface area contributed by atoms with E-state index in [0.717, 1.165) is 5.69 Å². The van der Waals surface area contributed by atoms with E-state index in [1.165, 1.54) is 0 Å². The number of rotatable bonds is 7. The molecule has 0 spiro atoms. The zero-order valence-electron chi connectivity index (χ0n) is 13.5. The molecule has 2 rings (SSSR count). The van der Waals surface area contributed by atoms with Gasteiger partial charge >= 0.3 is 0 Å². The molecular weight excluding hydrogens is 290 g/mol. The van der Waals surface area contributed by atoms with E-state index in [1.54, 1.807) is 32.0 Å². The fourth-order valence-corrected chi connectivity index (χ4v) is 2.60. The predicted octanol–water partition coefficient (Wildman–Crippen LogP) is 2.49. The van der Waals surface area contributed by atoms with Crippen molar-refractivity contribution < 1.29 is 15.0 Å². The molecule has 0 aliphatic heterocycles. The molecule has 0 aromatic heterocycles. The number of anilines is 1. The van der Waals surface area contributed by atoms with Gasteiger partial charge in [-0.25, -0.2) is 0 Å². The highest BCUT2D eigenvalue weighted by molar-refractivity contribution is 6.12. The van der Waals surface area contributed by atoms with Crippen molar-refractivity contribution in [2.75, 3.05) is 18.0 Å². The zero-order chi connectivity index (χ0) is 16.8. The van der Waals surface area contributed by atoms with Crippen molar-refractivity contribution >= 4 is 11.5 Å². The van der Waals surface area contributed by atoms with Gasteiger partial charge in [-0.2, -0.15) is 0 Å². The number of hydrogen-bond acceptors (Lipinski definition) is 4. The molecule has 0 saturated carbocycles. The van der Waals surface area contributed by atoms with Gasteiger partial charge in [-0.05, 0) is 26.0 Å². The maximum absolute atomic E-state index is 12.8. The van der Waals surface area contributed by atoms with E-state index in [9.17, 15) is 15.0 Å². The summed E-state index contributed by atoms with van der Waals surface area (Å²) in [4.78, 5) is 14.6. The minimum atomic E-state index is -0.561. The van der Waals surface area contributed by atoms with E-state index in [4.69, 9.17) is 0 Å². The number of carbonyl (C=O) groups excluding carboxylic acids is 1. The van der Waals surface area contributed by atoms with Crippen molar-refractivity contribution in [3.05, 3.63) is 65.7 Å². The third-order valence-electron chi connectivity index (χ3n) is 3.49. The van der Waals surface area contributed by atoms with Gasteiger partial charge in [0, 0.05) is 29.9 Å². The highest BCUT2D eigenvalue weighted by atomic mass is 16.3. The molecule has 0 fully saturated rings. The minimum Gasteiger partial charge on any atom is -0.392 e. The van der Waals surface area contributed by atoms with Crippen LogP contribution in [0.2, 0.25) is 0 Å². The smallest absolute Gasteiger partial charge is 0.195 e. The maximum Gasteiger partial charge on any atom is 0.195 e. The van der Waals surface area contributed by atoms with E-state index in [-0.39, 0.29) is 5.78 Å². The summed E-state index contributed by atoms with van der Waals surface area (Å²) in [6.07, 6.45) is -1.12. The van der Waals surface area contributed by atoms with Crippen molar-refractivity contribution in [1.29, 1.82) is 0 Å². The number of aliphatic hydroxyl groups excluding tert-OH is 2. The standard InChI is InChI=1S/C19H23NO3/c1-14(21)12-20(13-15(2)22)18-11-7-6-10-17(18)19(23)16-8-4-3-5-9-16/h3-11,14-15,21-22H,12-13H2,1-2H3. The molecule has 2 aromatic carbocycles. The molecule has 122 valence electrons. The first-order valence-electron chi connectivity index (χ1n) is 7.79. The van der Waals surface area contributed by atoms with Crippen molar-refractivity contribution in [3.8, 4) is 0 Å². The van der Waals surface area contributed by atoms with Crippen LogP contribution in [0.5, 0.6) is 0 Å². The SMILES string of the molecule is CC(O)CN(CC(C)O)c1ccccc1C(=O)c1ccccc1. The van der Waals surface area contributed by atoms with Crippen LogP contribution in [-0.2, 0) is 0 Å². The Morgan fingerprint density at radius 3 is 2.00 bits per heavy atom. The Hall–Kier alpha value is -2.17. The maximum atomic E-state index is 12.8. The Kier molecular flexibility index (Phi) is 5.90. The fraction of sp³-hybridized carbons (Fsp3) is 0.316. The van der Waals surface area contributed by atoms with Gasteiger partial charge in [0.15, 0.2) is 5.78 Å². The second kappa shape index (κ2) is 7.90. The Morgan fingerprint density at radius 2 is 1.43 bits per heavy atom. The number of carbonyl (C=O) groups is 1. The largest absolute Gasteiger partial charge is 0.392 e. The Morgan fingerprint density at radius 1 is 0.913 bits per heavy atom. The van der Waals surface area contributed by atoms with Gasteiger partial charge < -0.3 is 15.1 Å². The molecular formula is C19H23NO3. The molecule has 2 N–H and O–H groups in total. The number of nitrogens with zero attached hydrogens (tertiary/aromatic N) is 1. The average molecular weight is 313 g/mol. The monoisotopic (exact) mass is 313 g/mol. The summed E-state index contributed by atoms with van der Waals surface area (Å²) in [5.41, 5.74) is 1.91. The van der Waals surface area contributed by atoms with E-state index in [0.29, 0.717) is 24.2 Å². The van der Waals surface area contributed by atoms with Crippen LogP contribution in [0, 0.1) is 0 Å². The first-order chi connectivity index (χ1) is 11.0. The first-order valence-corrected chi connectivity index (χ1v) is 7.79. The number of aliphatic hydroxyl groups is 2. The van der Waals surface area contributed by atoms with Crippen molar-refractivity contribution in [2.45, 2.75) is 26.1 Å². The molecule has 2 unspecified atom stereocenters. The lowest BCUT2D eigenvalue weighted by Gasteiger charge is -2.29. The topological polar surface area (TPSA) is 60.8 Å². The van der Waals surface area contributed by atoms with E-state index in [1.807, 2.05) is 41.3 Å². The Balaban J connectivity index is 2.40. The highest BCUT2D eigenvalue weighted by Gasteiger charge is 2.19. The number of ketones is 1. The predicted molar refractivity (Wildman–Crippen MR) is 91.9 cm³/mol. The molecule has 0 aliphatic carbocycles. The lowest BCUT2D eigenvalue weighted by atomic mass is 10.0. The van der Waals surface area contributed by atoms with Crippen LogP contribution < -0.4 is 4.90 Å². The Bertz CT molecular complexity index is 628. The summed E-state index contributed by atoms with van der Waals surface area (Å²) in [5, 5.41) is 19.5. The average Bonchev–Trinajstić information content (AvgIpc) is 2.53. The summed E-state index contributed by atoms with van der Waals surface area (Å²) in [7, 11) is 0. The molecule has 0 saturated heterocycles. The van der Waals surface area contributed by atoms with Gasteiger partial charge in [0.25, 0.3) is 0 Å². The third kappa shape index (κ3) is 4.65. The van der Waals surface area contributed by atoms with Crippen molar-refractivity contribution in [2.24, 2.45) is 0 Å². The number of para-hydroxylation sites is 1. The van der Waals surface area contributed by atoms with Crippen LogP contribution in [0.25, 0.3) is 0 Å². The second-order valence-electron chi connectivity index (χ2n) is 5.82. The van der Waals surface area contributed by atoms with Crippen LogP contribution >= 0.6 is 0 Å². The molecule has 0 amide bonds. The number of hydrogen-bond donors (Lipinski definition) is 2. The summed E-state index contributed by atoms with van der Waals surface area (Å²) >= 11 is 0. The van der Waals surface area contributed by atoms with Crippen LogP contribution in [-0.4, -0.2) is 41.3 Å². The van der Waals surface area contributed by atoms with Gasteiger partial charge in [0.05, 0.1) is 12.2 Å². The van der Waals surface area contributed by atoms with E-state index in [2.05, 4.69) is 0 Å². The van der Waals surface area contributed by atoms with Crippen LogP contribution in [0.15, 0.2) is 54.6 Å². The summed E-state index contributed by atoms with van der Waals surface area (Å²) in [6, 6.07) is 16.4. The molecule has 0 radical (unpaired) electrons. The third-order valence-corrected chi connectivity index (χ3v) is 3.49. The fourth-order valence-electron chi connectivity index (χ4n) is 2.60. The number of benzene rings is 2. The Labute approximate surface area is 137 Å². The van der Waals surface area contributed by atoms with Crippen molar-refractivity contribution in [3.63, 3.8) is 0 Å². The molecule has 2 atom stereocenters. The minimum absolute atomic E-state index is 0.0672. The molecule has 0 aliphatic rings. The highest BCUT2D eigenvalue weighted by Crippen LogP contribution is 2.24. The normalized spacial score (nSPS) is 13.4. The van der Waals surface area contributed by atoms with Crippen LogP contribution in [0.3, 0.4) is 0 Å². The lowest BCUT2D eigenvalue weighted by molar-refractivity contribution is 0.103. The summed E-state index contributed by atoms with van der Waals surface area (Å²) < 4.78 is 0. The van der Waals surface area contributed by atoms with Gasteiger partial charge in [-0.1, -0.05) is 42.5 Å². The van der Waals surface area contributed by atoms with Crippen molar-refractivity contribution in [1.82, 2.24) is 0 Å². The first kappa shape index (κ1) is 17.2. The molecule has 0 bridgehead atoms. The van der Waals surface area contributed by atoms with Gasteiger partial charge in [0.1, 0.15) is 0 Å². The van der Waals surface area contributed by atoms with Crippen LogP contribution in [0.4, 0.5) is 5.69 Å². The van der Waals surface area contributed by atoms with E-state index >= 15 is 0 Å². The lowest BCUT2D eigenvalue weighted by Crippen LogP contribution is -2.37. The van der Waals surface area contributed by atoms with Gasteiger partial charge in [-0.3, -0.25) is 4.79 Å². The summed E-state index contributed by atoms with van der Waals surface area (Å²) in [6.45, 7) is 4.08.